The van der Waals surface area contributed by atoms with Gasteiger partial charge in [-0.25, -0.2) is 0 Å². The third-order valence-electron chi connectivity index (χ3n) is 14.9. The molecule has 0 unspecified atom stereocenters. The normalized spacial score (nSPS) is 14.9. The van der Waals surface area contributed by atoms with Crippen molar-refractivity contribution in [3.05, 3.63) is 47.2 Å². The minimum atomic E-state index is -2.58. The molecule has 0 atom stereocenters. The Balaban J connectivity index is 1.45. The summed E-state index contributed by atoms with van der Waals surface area (Å²) in [6.45, 7) is 14.4. The van der Waals surface area contributed by atoms with Gasteiger partial charge in [-0.3, -0.25) is 0 Å². The first-order valence-electron chi connectivity index (χ1n) is 24.9. The second-order valence-corrected chi connectivity index (χ2v) is 38.5. The topological polar surface area (TPSA) is 4.93 Å². The van der Waals surface area contributed by atoms with E-state index in [4.69, 9.17) is 0 Å². The Kier molecular flexibility index (Phi) is 16.4. The summed E-state index contributed by atoms with van der Waals surface area (Å²) in [6, 6.07) is 17.2. The first kappa shape index (κ1) is 44.8. The molecular formula is C53H79Ge2NS2. The molecule has 0 aliphatic carbocycles. The molecule has 58 heavy (non-hydrogen) atoms. The molecule has 1 nitrogen and oxygen atoms in total. The van der Waals surface area contributed by atoms with Gasteiger partial charge in [-0.15, -0.1) is 0 Å². The Bertz CT molecular complexity index is 1900. The molecule has 5 aromatic rings. The van der Waals surface area contributed by atoms with Crippen LogP contribution in [0.2, 0.25) is 21.0 Å². The van der Waals surface area contributed by atoms with Crippen molar-refractivity contribution in [2.24, 2.45) is 0 Å². The van der Waals surface area contributed by atoms with Crippen molar-refractivity contribution < 1.29 is 0 Å². The van der Waals surface area contributed by atoms with Gasteiger partial charge in [0.1, 0.15) is 0 Å². The molecule has 3 aromatic heterocycles. The average molecular weight is 940 g/mol. The quantitative estimate of drug-likeness (QED) is 0.0365. The fourth-order valence-electron chi connectivity index (χ4n) is 11.7. The summed E-state index contributed by atoms with van der Waals surface area (Å²) in [5, 5.41) is 14.1. The molecule has 0 saturated heterocycles. The number of fused-ring (bicyclic) bond motifs is 9. The van der Waals surface area contributed by atoms with Gasteiger partial charge in [0.25, 0.3) is 0 Å². The number of unbranched alkanes of at least 4 members (excludes halogenated alkanes) is 14. The van der Waals surface area contributed by atoms with Crippen LogP contribution in [-0.2, 0) is 0 Å². The van der Waals surface area contributed by atoms with Crippen molar-refractivity contribution in [1.29, 1.82) is 0 Å². The SMILES string of the molecule is CCCCCCCCC(CCCCCCCC)n1c2cc3[c](cc2c2c[c]4c(cc21)-c1scc[c]1[Ge]4([CH2]CCC)[CH2]CCC)[Ge]([CH2]CCC)([CH2]CCC)[c]1ccsc1-3. The standard InChI is InChI=1S/C53H79Ge2NS2/c1-7-13-19-21-23-25-27-41(28-26-24-22-20-14-8-2)56-50-39-44-48(54(31-15-9-3,32-16-10-4)46-29-35-57-52(44)46)37-42(50)43-38-49-45(40-51(43)56)53-47(30-36-58-53)55(49,33-17-11-5)34-18-12-6/h29-30,35-41H,7-28,31-34H2,1-6H3. The van der Waals surface area contributed by atoms with Crippen LogP contribution < -0.4 is 17.6 Å². The first-order valence-corrected chi connectivity index (χ1v) is 36.8. The Morgan fingerprint density at radius 3 is 1.17 bits per heavy atom. The van der Waals surface area contributed by atoms with Crippen molar-refractivity contribution in [3.63, 3.8) is 0 Å². The van der Waals surface area contributed by atoms with E-state index in [9.17, 15) is 0 Å². The Morgan fingerprint density at radius 2 is 0.793 bits per heavy atom. The fraction of sp³-hybridized carbons (Fsp3) is 0.623. The van der Waals surface area contributed by atoms with Crippen LogP contribution in [0.1, 0.15) is 189 Å². The van der Waals surface area contributed by atoms with Gasteiger partial charge in [-0.05, 0) is 0 Å². The molecule has 0 saturated carbocycles. The maximum atomic E-state index is 3.00. The number of benzene rings is 2. The van der Waals surface area contributed by atoms with Crippen LogP contribution in [0.3, 0.4) is 0 Å². The molecule has 316 valence electrons. The molecule has 0 radical (unpaired) electrons. The third-order valence-corrected chi connectivity index (χ3v) is 39.9. The van der Waals surface area contributed by atoms with E-state index >= 15 is 0 Å². The van der Waals surface area contributed by atoms with Crippen LogP contribution >= 0.6 is 22.7 Å². The number of aromatic nitrogens is 1. The van der Waals surface area contributed by atoms with Gasteiger partial charge in [0.05, 0.1) is 0 Å². The molecule has 2 aliphatic rings. The minimum absolute atomic E-state index is 0.569. The van der Waals surface area contributed by atoms with Gasteiger partial charge in [0.2, 0.25) is 0 Å². The van der Waals surface area contributed by atoms with Crippen LogP contribution in [-0.4, -0.2) is 31.1 Å². The van der Waals surface area contributed by atoms with E-state index in [1.165, 1.54) is 162 Å². The number of hydrogen-bond acceptors (Lipinski definition) is 2. The molecule has 0 bridgehead atoms. The van der Waals surface area contributed by atoms with Crippen LogP contribution in [0.15, 0.2) is 47.2 Å². The summed E-state index contributed by atoms with van der Waals surface area (Å²) in [4.78, 5) is 3.34. The first-order chi connectivity index (χ1) is 28.5. The Morgan fingerprint density at radius 1 is 0.431 bits per heavy atom. The fourth-order valence-corrected chi connectivity index (χ4v) is 40.7. The summed E-state index contributed by atoms with van der Waals surface area (Å²) >= 11 is -1.01. The van der Waals surface area contributed by atoms with E-state index in [-0.39, 0.29) is 0 Å². The number of nitrogens with zero attached hydrogens (tertiary/aromatic N) is 1. The van der Waals surface area contributed by atoms with Crippen molar-refractivity contribution >= 4 is 88.6 Å². The zero-order valence-corrected chi connectivity index (χ0v) is 43.7. The number of rotatable bonds is 27. The summed E-state index contributed by atoms with van der Waals surface area (Å²) in [6.07, 6.45) is 30.0. The summed E-state index contributed by atoms with van der Waals surface area (Å²) in [5.41, 5.74) is 6.49. The molecule has 2 aromatic carbocycles. The van der Waals surface area contributed by atoms with E-state index in [1.807, 2.05) is 17.6 Å². The summed E-state index contributed by atoms with van der Waals surface area (Å²) in [7, 11) is 0. The zero-order chi connectivity index (χ0) is 40.5. The monoisotopic (exact) mass is 941 g/mol. The van der Waals surface area contributed by atoms with Crippen molar-refractivity contribution in [2.75, 3.05) is 0 Å². The predicted octanol–water partition coefficient (Wildman–Crippen LogP) is 16.2. The molecule has 0 N–H and O–H groups in total. The van der Waals surface area contributed by atoms with Crippen LogP contribution in [0, 0.1) is 0 Å². The summed E-state index contributed by atoms with van der Waals surface area (Å²) < 4.78 is 10.4. The average Bonchev–Trinajstić information content (AvgIpc) is 4.07. The van der Waals surface area contributed by atoms with Gasteiger partial charge >= 0.3 is 344 Å². The number of thiophene rings is 2. The van der Waals surface area contributed by atoms with Gasteiger partial charge in [0, 0.05) is 0 Å². The molecule has 2 aliphatic heterocycles. The van der Waals surface area contributed by atoms with Gasteiger partial charge in [-0.2, -0.15) is 0 Å². The zero-order valence-electron chi connectivity index (χ0n) is 37.8. The molecule has 0 amide bonds. The Hall–Kier alpha value is -1.27. The second-order valence-electron chi connectivity index (χ2n) is 18.9. The molecule has 0 fully saturated rings. The number of hydrogen-bond donors (Lipinski definition) is 0. The predicted molar refractivity (Wildman–Crippen MR) is 270 cm³/mol. The van der Waals surface area contributed by atoms with E-state index < -0.39 is 26.5 Å². The Labute approximate surface area is 368 Å². The summed E-state index contributed by atoms with van der Waals surface area (Å²) in [5.74, 6) is 0. The van der Waals surface area contributed by atoms with Crippen LogP contribution in [0.4, 0.5) is 0 Å². The van der Waals surface area contributed by atoms with Gasteiger partial charge in [-0.1, -0.05) is 26.7 Å². The van der Waals surface area contributed by atoms with Gasteiger partial charge < -0.3 is 0 Å². The van der Waals surface area contributed by atoms with Crippen molar-refractivity contribution in [3.8, 4) is 20.9 Å². The molecule has 0 spiro atoms. The van der Waals surface area contributed by atoms with Gasteiger partial charge in [0.15, 0.2) is 0 Å². The van der Waals surface area contributed by atoms with Crippen LogP contribution in [0.25, 0.3) is 42.7 Å². The van der Waals surface area contributed by atoms with E-state index in [1.54, 1.807) is 42.7 Å². The molecule has 7 rings (SSSR count). The molecule has 5 heterocycles. The second kappa shape index (κ2) is 21.2. The van der Waals surface area contributed by atoms with Crippen molar-refractivity contribution in [2.45, 2.75) is 210 Å². The van der Waals surface area contributed by atoms with E-state index in [0.717, 1.165) is 0 Å². The van der Waals surface area contributed by atoms with Crippen LogP contribution in [0.5, 0.6) is 0 Å². The van der Waals surface area contributed by atoms with E-state index in [0.29, 0.717) is 6.04 Å². The van der Waals surface area contributed by atoms with E-state index in [2.05, 4.69) is 116 Å². The molecule has 5 heteroatoms. The maximum absolute atomic E-state index is 3.00. The molecular weight excluding hydrogens is 860 g/mol. The third kappa shape index (κ3) is 8.70. The van der Waals surface area contributed by atoms with Crippen molar-refractivity contribution in [1.82, 2.24) is 4.57 Å².